The average Bonchev–Trinajstić information content (AvgIpc) is 2.62. The van der Waals surface area contributed by atoms with Gasteiger partial charge in [-0.1, -0.05) is 19.9 Å². The second-order valence-electron chi connectivity index (χ2n) is 5.72. The molecule has 3 N–H and O–H groups in total. The van der Waals surface area contributed by atoms with E-state index in [1.54, 1.807) is 37.4 Å². The molecule has 0 bridgehead atoms. The number of carbonyl (C=O) groups excluding carboxylic acids is 1. The maximum absolute atomic E-state index is 12.2. The molecule has 25 heavy (non-hydrogen) atoms. The van der Waals surface area contributed by atoms with Crippen LogP contribution in [0.4, 0.5) is 5.69 Å². The Hall–Kier alpha value is -2.60. The summed E-state index contributed by atoms with van der Waals surface area (Å²) in [6.07, 6.45) is 0.989. The van der Waals surface area contributed by atoms with Crippen LogP contribution in [0.2, 0.25) is 0 Å². The first kappa shape index (κ1) is 18.7. The number of thiocarbonyl (C=S) groups is 1. The molecular formula is C19H22N2O3S. The van der Waals surface area contributed by atoms with Gasteiger partial charge in [0.2, 0.25) is 0 Å². The number of aromatic hydroxyl groups is 1. The van der Waals surface area contributed by atoms with E-state index >= 15 is 0 Å². The molecule has 0 aliphatic heterocycles. The predicted octanol–water partition coefficient (Wildman–Crippen LogP) is 4.04. The lowest BCUT2D eigenvalue weighted by atomic mass is 9.98. The Morgan fingerprint density at radius 1 is 1.24 bits per heavy atom. The van der Waals surface area contributed by atoms with Crippen molar-refractivity contribution < 1.29 is 14.6 Å². The number of carbonyl (C=O) groups is 1. The van der Waals surface area contributed by atoms with Crippen molar-refractivity contribution in [2.24, 2.45) is 0 Å². The largest absolute Gasteiger partial charge is 0.506 e. The summed E-state index contributed by atoms with van der Waals surface area (Å²) in [4.78, 5) is 12.2. The van der Waals surface area contributed by atoms with Gasteiger partial charge in [0.05, 0.1) is 12.8 Å². The molecule has 5 nitrogen and oxygen atoms in total. The highest BCUT2D eigenvalue weighted by Gasteiger charge is 2.11. The normalized spacial score (nSPS) is 11.5. The Balaban J connectivity index is 2.05. The van der Waals surface area contributed by atoms with E-state index in [9.17, 15) is 9.90 Å². The SMILES string of the molecule is CC[C@@H](C)c1ccc(O)c(NC(=S)NC(=O)c2ccc(OC)cc2)c1. The van der Waals surface area contributed by atoms with Crippen molar-refractivity contribution in [1.29, 1.82) is 0 Å². The molecule has 2 aromatic rings. The lowest BCUT2D eigenvalue weighted by molar-refractivity contribution is 0.0977. The monoisotopic (exact) mass is 358 g/mol. The van der Waals surface area contributed by atoms with Crippen LogP contribution in [0.15, 0.2) is 42.5 Å². The molecule has 1 atom stereocenters. The Morgan fingerprint density at radius 3 is 2.52 bits per heavy atom. The fourth-order valence-electron chi connectivity index (χ4n) is 2.27. The van der Waals surface area contributed by atoms with Crippen LogP contribution in [-0.2, 0) is 0 Å². The molecule has 0 heterocycles. The van der Waals surface area contributed by atoms with Crippen LogP contribution >= 0.6 is 12.2 Å². The van der Waals surface area contributed by atoms with Crippen molar-refractivity contribution in [3.8, 4) is 11.5 Å². The van der Waals surface area contributed by atoms with Crippen molar-refractivity contribution in [2.45, 2.75) is 26.2 Å². The summed E-state index contributed by atoms with van der Waals surface area (Å²) in [5, 5.41) is 15.6. The number of benzene rings is 2. The van der Waals surface area contributed by atoms with Gasteiger partial charge in [-0.05, 0) is 66.5 Å². The number of hydrogen-bond donors (Lipinski definition) is 3. The summed E-state index contributed by atoms with van der Waals surface area (Å²) in [5.41, 5.74) is 2.02. The predicted molar refractivity (Wildman–Crippen MR) is 103 cm³/mol. The molecule has 1 amide bonds. The van der Waals surface area contributed by atoms with E-state index in [-0.39, 0.29) is 16.8 Å². The summed E-state index contributed by atoms with van der Waals surface area (Å²) >= 11 is 5.18. The summed E-state index contributed by atoms with van der Waals surface area (Å²) in [6.45, 7) is 4.21. The second-order valence-corrected chi connectivity index (χ2v) is 6.13. The van der Waals surface area contributed by atoms with Crippen LogP contribution in [0.5, 0.6) is 11.5 Å². The molecule has 0 spiro atoms. The van der Waals surface area contributed by atoms with Gasteiger partial charge in [0.25, 0.3) is 5.91 Å². The summed E-state index contributed by atoms with van der Waals surface area (Å²) < 4.78 is 5.06. The standard InChI is InChI=1S/C19H22N2O3S/c1-4-12(2)14-7-10-17(22)16(11-14)20-19(25)21-18(23)13-5-8-15(24-3)9-6-13/h5-12,22H,4H2,1-3H3,(H2,20,21,23,25)/t12-/m1/s1. The number of rotatable bonds is 5. The quantitative estimate of drug-likeness (QED) is 0.556. The van der Waals surface area contributed by atoms with Gasteiger partial charge in [0.15, 0.2) is 5.11 Å². The molecule has 2 aromatic carbocycles. The minimum atomic E-state index is -0.335. The number of hydrogen-bond acceptors (Lipinski definition) is 4. The summed E-state index contributed by atoms with van der Waals surface area (Å²) in [6, 6.07) is 12.1. The fourth-order valence-corrected chi connectivity index (χ4v) is 2.47. The molecule has 0 radical (unpaired) electrons. The van der Waals surface area contributed by atoms with Gasteiger partial charge in [-0.25, -0.2) is 0 Å². The molecule has 0 aliphatic carbocycles. The minimum absolute atomic E-state index is 0.0769. The molecule has 6 heteroatoms. The highest BCUT2D eigenvalue weighted by atomic mass is 32.1. The van der Waals surface area contributed by atoms with Crippen LogP contribution < -0.4 is 15.4 Å². The smallest absolute Gasteiger partial charge is 0.257 e. The number of anilines is 1. The van der Waals surface area contributed by atoms with Gasteiger partial charge in [-0.15, -0.1) is 0 Å². The van der Waals surface area contributed by atoms with Crippen LogP contribution in [0.3, 0.4) is 0 Å². The van der Waals surface area contributed by atoms with E-state index in [4.69, 9.17) is 17.0 Å². The van der Waals surface area contributed by atoms with Crippen molar-refractivity contribution in [3.63, 3.8) is 0 Å². The Morgan fingerprint density at radius 2 is 1.92 bits per heavy atom. The van der Waals surface area contributed by atoms with Crippen molar-refractivity contribution in [1.82, 2.24) is 5.32 Å². The van der Waals surface area contributed by atoms with Gasteiger partial charge in [0, 0.05) is 5.56 Å². The van der Waals surface area contributed by atoms with Crippen molar-refractivity contribution in [2.75, 3.05) is 12.4 Å². The number of phenols is 1. The fraction of sp³-hybridized carbons (Fsp3) is 0.263. The second kappa shape index (κ2) is 8.48. The van der Waals surface area contributed by atoms with Crippen LogP contribution in [0.1, 0.15) is 42.1 Å². The van der Waals surface area contributed by atoms with Gasteiger partial charge >= 0.3 is 0 Å². The van der Waals surface area contributed by atoms with Gasteiger partial charge in [0.1, 0.15) is 11.5 Å². The molecule has 0 saturated heterocycles. The Bertz CT molecular complexity index is 760. The van der Waals surface area contributed by atoms with Crippen LogP contribution in [0, 0.1) is 0 Å². The third-order valence-electron chi connectivity index (χ3n) is 4.03. The zero-order chi connectivity index (χ0) is 18.4. The number of amides is 1. The van der Waals surface area contributed by atoms with Crippen molar-refractivity contribution >= 4 is 28.9 Å². The molecule has 132 valence electrons. The molecule has 0 aromatic heterocycles. The maximum Gasteiger partial charge on any atom is 0.257 e. The number of phenolic OH excluding ortho intramolecular Hbond substituents is 1. The minimum Gasteiger partial charge on any atom is -0.506 e. The topological polar surface area (TPSA) is 70.6 Å². The van der Waals surface area contributed by atoms with Crippen LogP contribution in [-0.4, -0.2) is 23.2 Å². The first-order valence-electron chi connectivity index (χ1n) is 8.04. The number of methoxy groups -OCH3 is 1. The van der Waals surface area contributed by atoms with Crippen molar-refractivity contribution in [3.05, 3.63) is 53.6 Å². The Kier molecular flexibility index (Phi) is 6.36. The summed E-state index contributed by atoms with van der Waals surface area (Å²) in [7, 11) is 1.56. The van der Waals surface area contributed by atoms with E-state index in [1.165, 1.54) is 0 Å². The zero-order valence-corrected chi connectivity index (χ0v) is 15.3. The lowest BCUT2D eigenvalue weighted by Gasteiger charge is -2.15. The molecular weight excluding hydrogens is 336 g/mol. The van der Waals surface area contributed by atoms with E-state index in [1.807, 2.05) is 12.1 Å². The van der Waals surface area contributed by atoms with E-state index in [2.05, 4.69) is 24.5 Å². The summed E-state index contributed by atoms with van der Waals surface area (Å²) in [5.74, 6) is 0.776. The highest BCUT2D eigenvalue weighted by Crippen LogP contribution is 2.29. The van der Waals surface area contributed by atoms with E-state index < -0.39 is 0 Å². The molecule has 0 aliphatic rings. The van der Waals surface area contributed by atoms with E-state index in [0.29, 0.717) is 22.9 Å². The van der Waals surface area contributed by atoms with Gasteiger partial charge < -0.3 is 15.2 Å². The first-order chi connectivity index (χ1) is 11.9. The molecule has 0 unspecified atom stereocenters. The third kappa shape index (κ3) is 4.93. The maximum atomic E-state index is 12.2. The lowest BCUT2D eigenvalue weighted by Crippen LogP contribution is -2.34. The first-order valence-corrected chi connectivity index (χ1v) is 8.44. The van der Waals surface area contributed by atoms with Crippen LogP contribution in [0.25, 0.3) is 0 Å². The van der Waals surface area contributed by atoms with Gasteiger partial charge in [-0.2, -0.15) is 0 Å². The van der Waals surface area contributed by atoms with Gasteiger partial charge in [-0.3, -0.25) is 10.1 Å². The zero-order valence-electron chi connectivity index (χ0n) is 14.5. The highest BCUT2D eigenvalue weighted by molar-refractivity contribution is 7.80. The van der Waals surface area contributed by atoms with E-state index in [0.717, 1.165) is 12.0 Å². The number of ether oxygens (including phenoxy) is 1. The number of nitrogens with one attached hydrogen (secondary N) is 2. The molecule has 2 rings (SSSR count). The molecule has 0 saturated carbocycles. The average molecular weight is 358 g/mol. The third-order valence-corrected chi connectivity index (χ3v) is 4.23. The Labute approximate surface area is 153 Å². The molecule has 0 fully saturated rings.